The van der Waals surface area contributed by atoms with Gasteiger partial charge in [-0.15, -0.1) is 0 Å². The van der Waals surface area contributed by atoms with Crippen LogP contribution in [0, 0.1) is 11.8 Å². The number of amides is 5. The molecule has 1 aliphatic heterocycles. The van der Waals surface area contributed by atoms with Crippen LogP contribution < -0.4 is 10.6 Å². The minimum Gasteiger partial charge on any atom is -0.451 e. The Balaban J connectivity index is 1.44. The number of esters is 1. The molecular weight excluding hydrogens is 378 g/mol. The van der Waals surface area contributed by atoms with Crippen molar-refractivity contribution in [3.05, 3.63) is 0 Å². The van der Waals surface area contributed by atoms with E-state index in [4.69, 9.17) is 4.74 Å². The van der Waals surface area contributed by atoms with Gasteiger partial charge in [0.05, 0.1) is 11.8 Å². The molecule has 0 unspecified atom stereocenters. The van der Waals surface area contributed by atoms with E-state index in [2.05, 4.69) is 10.6 Å². The molecule has 29 heavy (non-hydrogen) atoms. The SMILES string of the molecule is C[C@@H](OC(=O)CN1C(=O)[C@H]2CCCC[C@@H]2C1=O)C(=O)NC(=O)NC1CCCCC1. The first-order valence-electron chi connectivity index (χ1n) is 10.5. The molecule has 1 saturated heterocycles. The third kappa shape index (κ3) is 5.13. The van der Waals surface area contributed by atoms with Gasteiger partial charge in [-0.25, -0.2) is 4.79 Å². The lowest BCUT2D eigenvalue weighted by Gasteiger charge is -2.23. The average molecular weight is 407 g/mol. The molecule has 0 bridgehead atoms. The van der Waals surface area contributed by atoms with Crippen molar-refractivity contribution < 1.29 is 28.7 Å². The van der Waals surface area contributed by atoms with E-state index in [1.54, 1.807) is 0 Å². The first-order valence-corrected chi connectivity index (χ1v) is 10.5. The average Bonchev–Trinajstić information content (AvgIpc) is 2.93. The Bertz CT molecular complexity index is 664. The predicted octanol–water partition coefficient (Wildman–Crippen LogP) is 1.25. The standard InChI is InChI=1S/C20H29N3O6/c1-12(17(25)22-20(28)21-13-7-3-2-4-8-13)29-16(24)11-23-18(26)14-9-5-6-10-15(14)19(23)27/h12-15H,2-11H2,1H3,(H2,21,22,25,28)/t12-,14+,15+/m1/s1. The molecule has 0 aromatic carbocycles. The van der Waals surface area contributed by atoms with Gasteiger partial charge in [-0.2, -0.15) is 0 Å². The lowest BCUT2D eigenvalue weighted by Crippen LogP contribution is -2.48. The molecule has 1 heterocycles. The zero-order chi connectivity index (χ0) is 21.0. The van der Waals surface area contributed by atoms with E-state index in [9.17, 15) is 24.0 Å². The predicted molar refractivity (Wildman–Crippen MR) is 101 cm³/mol. The quantitative estimate of drug-likeness (QED) is 0.522. The van der Waals surface area contributed by atoms with E-state index in [0.717, 1.165) is 49.8 Å². The second kappa shape index (κ2) is 9.37. The Kier molecular flexibility index (Phi) is 6.87. The molecule has 2 aliphatic carbocycles. The number of nitrogens with one attached hydrogen (secondary N) is 2. The molecule has 9 nitrogen and oxygen atoms in total. The summed E-state index contributed by atoms with van der Waals surface area (Å²) >= 11 is 0. The Morgan fingerprint density at radius 3 is 2.10 bits per heavy atom. The van der Waals surface area contributed by atoms with Crippen molar-refractivity contribution in [2.24, 2.45) is 11.8 Å². The van der Waals surface area contributed by atoms with E-state index in [-0.39, 0.29) is 29.7 Å². The maximum atomic E-state index is 12.4. The molecule has 0 aromatic heterocycles. The summed E-state index contributed by atoms with van der Waals surface area (Å²) in [6.07, 6.45) is 6.91. The molecule has 3 fully saturated rings. The van der Waals surface area contributed by atoms with Crippen LogP contribution in [-0.2, 0) is 23.9 Å². The minimum absolute atomic E-state index is 0.0464. The number of imide groups is 2. The number of nitrogens with zero attached hydrogens (tertiary/aromatic N) is 1. The number of hydrogen-bond acceptors (Lipinski definition) is 6. The number of fused-ring (bicyclic) bond motifs is 1. The summed E-state index contributed by atoms with van der Waals surface area (Å²) in [5, 5.41) is 4.92. The topological polar surface area (TPSA) is 122 Å². The summed E-state index contributed by atoms with van der Waals surface area (Å²) in [6.45, 7) is 0.838. The normalized spacial score (nSPS) is 25.9. The van der Waals surface area contributed by atoms with Gasteiger partial charge in [0.15, 0.2) is 6.10 Å². The summed E-state index contributed by atoms with van der Waals surface area (Å²) < 4.78 is 5.04. The van der Waals surface area contributed by atoms with E-state index in [1.165, 1.54) is 6.92 Å². The fourth-order valence-corrected chi connectivity index (χ4v) is 4.49. The summed E-state index contributed by atoms with van der Waals surface area (Å²) in [7, 11) is 0. The van der Waals surface area contributed by atoms with Crippen molar-refractivity contribution in [2.75, 3.05) is 6.54 Å². The molecule has 3 rings (SSSR count). The number of carbonyl (C=O) groups excluding carboxylic acids is 5. The highest BCUT2D eigenvalue weighted by Crippen LogP contribution is 2.37. The third-order valence-electron chi connectivity index (χ3n) is 6.07. The Morgan fingerprint density at radius 1 is 0.966 bits per heavy atom. The zero-order valence-corrected chi connectivity index (χ0v) is 16.8. The Labute approximate surface area is 169 Å². The van der Waals surface area contributed by atoms with Crippen molar-refractivity contribution >= 4 is 29.7 Å². The number of urea groups is 1. The molecule has 3 atom stereocenters. The van der Waals surface area contributed by atoms with Crippen LogP contribution in [0.25, 0.3) is 0 Å². The maximum absolute atomic E-state index is 12.4. The van der Waals surface area contributed by atoms with Gasteiger partial charge in [-0.3, -0.25) is 29.4 Å². The summed E-state index contributed by atoms with van der Waals surface area (Å²) in [5.74, 6) is -2.94. The van der Waals surface area contributed by atoms with Crippen LogP contribution in [0.5, 0.6) is 0 Å². The molecule has 0 aromatic rings. The fraction of sp³-hybridized carbons (Fsp3) is 0.750. The number of carbonyl (C=O) groups is 5. The van der Waals surface area contributed by atoms with E-state index in [0.29, 0.717) is 12.8 Å². The third-order valence-corrected chi connectivity index (χ3v) is 6.07. The molecule has 2 saturated carbocycles. The zero-order valence-electron chi connectivity index (χ0n) is 16.8. The van der Waals surface area contributed by atoms with Crippen LogP contribution in [0.4, 0.5) is 4.79 Å². The number of rotatable bonds is 5. The summed E-state index contributed by atoms with van der Waals surface area (Å²) in [6, 6.07) is -0.566. The van der Waals surface area contributed by atoms with Crippen LogP contribution in [-0.4, -0.2) is 53.3 Å². The Hall–Kier alpha value is -2.45. The van der Waals surface area contributed by atoms with Gasteiger partial charge in [-0.1, -0.05) is 32.1 Å². The first-order chi connectivity index (χ1) is 13.9. The number of hydrogen-bond donors (Lipinski definition) is 2. The van der Waals surface area contributed by atoms with Crippen molar-refractivity contribution in [3.8, 4) is 0 Å². The molecule has 3 aliphatic rings. The highest BCUT2D eigenvalue weighted by atomic mass is 16.5. The molecular formula is C20H29N3O6. The lowest BCUT2D eigenvalue weighted by atomic mass is 9.81. The highest BCUT2D eigenvalue weighted by Gasteiger charge is 2.48. The second-order valence-electron chi connectivity index (χ2n) is 8.19. The van der Waals surface area contributed by atoms with E-state index < -0.39 is 30.6 Å². The molecule has 9 heteroatoms. The van der Waals surface area contributed by atoms with Crippen LogP contribution in [0.3, 0.4) is 0 Å². The smallest absolute Gasteiger partial charge is 0.326 e. The highest BCUT2D eigenvalue weighted by molar-refractivity contribution is 6.07. The van der Waals surface area contributed by atoms with Crippen LogP contribution >= 0.6 is 0 Å². The second-order valence-corrected chi connectivity index (χ2v) is 8.19. The summed E-state index contributed by atoms with van der Waals surface area (Å²) in [5.41, 5.74) is 0. The van der Waals surface area contributed by atoms with Gasteiger partial charge in [0.1, 0.15) is 6.54 Å². The van der Waals surface area contributed by atoms with E-state index in [1.807, 2.05) is 0 Å². The maximum Gasteiger partial charge on any atom is 0.326 e. The fourth-order valence-electron chi connectivity index (χ4n) is 4.49. The molecule has 0 radical (unpaired) electrons. The van der Waals surface area contributed by atoms with Crippen LogP contribution in [0.15, 0.2) is 0 Å². The van der Waals surface area contributed by atoms with Crippen LogP contribution in [0.1, 0.15) is 64.7 Å². The van der Waals surface area contributed by atoms with Crippen molar-refractivity contribution in [1.82, 2.24) is 15.5 Å². The van der Waals surface area contributed by atoms with Gasteiger partial charge in [0.2, 0.25) is 11.8 Å². The number of ether oxygens (including phenoxy) is 1. The van der Waals surface area contributed by atoms with Gasteiger partial charge in [0, 0.05) is 6.04 Å². The van der Waals surface area contributed by atoms with Gasteiger partial charge in [0.25, 0.3) is 5.91 Å². The van der Waals surface area contributed by atoms with Crippen LogP contribution in [0.2, 0.25) is 0 Å². The molecule has 5 amide bonds. The van der Waals surface area contributed by atoms with Gasteiger partial charge < -0.3 is 10.1 Å². The monoisotopic (exact) mass is 407 g/mol. The van der Waals surface area contributed by atoms with Crippen molar-refractivity contribution in [1.29, 1.82) is 0 Å². The Morgan fingerprint density at radius 2 is 1.52 bits per heavy atom. The molecule has 2 N–H and O–H groups in total. The summed E-state index contributed by atoms with van der Waals surface area (Å²) in [4.78, 5) is 62.0. The minimum atomic E-state index is -1.21. The first kappa shape index (κ1) is 21.3. The molecule has 0 spiro atoms. The largest absolute Gasteiger partial charge is 0.451 e. The lowest BCUT2D eigenvalue weighted by molar-refractivity contribution is -0.159. The van der Waals surface area contributed by atoms with Gasteiger partial charge in [-0.05, 0) is 32.6 Å². The molecule has 160 valence electrons. The van der Waals surface area contributed by atoms with Crippen molar-refractivity contribution in [3.63, 3.8) is 0 Å². The van der Waals surface area contributed by atoms with E-state index >= 15 is 0 Å². The van der Waals surface area contributed by atoms with Crippen molar-refractivity contribution in [2.45, 2.75) is 76.9 Å². The van der Waals surface area contributed by atoms with Gasteiger partial charge >= 0.3 is 12.0 Å². The number of likely N-dealkylation sites (tertiary alicyclic amines) is 1.